The minimum atomic E-state index is -0.381. The van der Waals surface area contributed by atoms with Crippen LogP contribution in [-0.4, -0.2) is 24.2 Å². The maximum absolute atomic E-state index is 11.2. The molecule has 0 radical (unpaired) electrons. The largest absolute Gasteiger partial charge is 0.323 e. The minimum absolute atomic E-state index is 0.157. The van der Waals surface area contributed by atoms with Crippen molar-refractivity contribution in [3.8, 4) is 0 Å². The van der Waals surface area contributed by atoms with Gasteiger partial charge in [-0.05, 0) is 18.2 Å². The van der Waals surface area contributed by atoms with Crippen molar-refractivity contribution >= 4 is 46.4 Å². The van der Waals surface area contributed by atoms with E-state index < -0.39 is 0 Å². The molecule has 0 spiro atoms. The summed E-state index contributed by atoms with van der Waals surface area (Å²) in [6, 6.07) is 4.67. The van der Waals surface area contributed by atoms with E-state index in [9.17, 15) is 9.59 Å². The molecule has 7 heteroatoms. The van der Waals surface area contributed by atoms with E-state index >= 15 is 0 Å². The number of nitrogens with two attached hydrogens (primary N) is 1. The molecule has 5 nitrogen and oxygen atoms in total. The molecule has 92 valence electrons. The van der Waals surface area contributed by atoms with Crippen LogP contribution in [0.3, 0.4) is 0 Å². The number of amides is 2. The zero-order valence-corrected chi connectivity index (χ0v) is 10.3. The lowest BCUT2D eigenvalue weighted by Crippen LogP contribution is -2.23. The summed E-state index contributed by atoms with van der Waals surface area (Å²) in [6.45, 7) is -0.157. The second kappa shape index (κ2) is 6.44. The van der Waals surface area contributed by atoms with Crippen molar-refractivity contribution < 1.29 is 9.59 Å². The highest BCUT2D eigenvalue weighted by Crippen LogP contribution is 2.25. The van der Waals surface area contributed by atoms with Gasteiger partial charge in [0.1, 0.15) is 5.88 Å². The summed E-state index contributed by atoms with van der Waals surface area (Å²) >= 11 is 11.2. The van der Waals surface area contributed by atoms with Crippen molar-refractivity contribution in [2.75, 3.05) is 23.1 Å². The highest BCUT2D eigenvalue weighted by Gasteiger charge is 2.09. The molecule has 1 aromatic rings. The molecule has 17 heavy (non-hydrogen) atoms. The number of halogens is 2. The maximum atomic E-state index is 11.2. The van der Waals surface area contributed by atoms with Crippen LogP contribution in [0.25, 0.3) is 0 Å². The number of carbonyl (C=O) groups excluding carboxylic acids is 2. The van der Waals surface area contributed by atoms with Crippen LogP contribution < -0.4 is 16.4 Å². The number of hydrogen-bond donors (Lipinski definition) is 3. The number of rotatable bonds is 4. The van der Waals surface area contributed by atoms with Crippen LogP contribution >= 0.6 is 23.2 Å². The molecular weight excluding hydrogens is 265 g/mol. The first kappa shape index (κ1) is 13.8. The quantitative estimate of drug-likeness (QED) is 0.727. The monoisotopic (exact) mass is 275 g/mol. The smallest absolute Gasteiger partial charge is 0.239 e. The van der Waals surface area contributed by atoms with Crippen molar-refractivity contribution in [3.63, 3.8) is 0 Å². The van der Waals surface area contributed by atoms with Gasteiger partial charge < -0.3 is 16.4 Å². The van der Waals surface area contributed by atoms with Crippen molar-refractivity contribution in [3.05, 3.63) is 23.2 Å². The van der Waals surface area contributed by atoms with Crippen LogP contribution in [0, 0.1) is 0 Å². The fourth-order valence-corrected chi connectivity index (χ4v) is 1.35. The van der Waals surface area contributed by atoms with Crippen LogP contribution in [0.5, 0.6) is 0 Å². The molecule has 0 saturated heterocycles. The Bertz CT molecular complexity index is 438. The second-order valence-electron chi connectivity index (χ2n) is 3.12. The summed E-state index contributed by atoms with van der Waals surface area (Å²) in [4.78, 5) is 22.3. The number of anilines is 2. The Morgan fingerprint density at radius 1 is 1.18 bits per heavy atom. The Labute approximate surface area is 108 Å². The van der Waals surface area contributed by atoms with Gasteiger partial charge in [-0.25, -0.2) is 0 Å². The standard InChI is InChI=1S/C10H11Cl2N3O2/c11-4-9(16)14-7-2-1-6(12)3-8(7)15-10(17)5-13/h1-3H,4-5,13H2,(H,14,16)(H,15,17). The average molecular weight is 276 g/mol. The minimum Gasteiger partial charge on any atom is -0.323 e. The maximum Gasteiger partial charge on any atom is 0.239 e. The van der Waals surface area contributed by atoms with Crippen LogP contribution in [0.4, 0.5) is 11.4 Å². The summed E-state index contributed by atoms with van der Waals surface area (Å²) in [5, 5.41) is 5.49. The van der Waals surface area contributed by atoms with Crippen molar-refractivity contribution in [1.29, 1.82) is 0 Å². The Morgan fingerprint density at radius 2 is 1.82 bits per heavy atom. The lowest BCUT2D eigenvalue weighted by molar-refractivity contribution is -0.115. The SMILES string of the molecule is NCC(=O)Nc1cc(Cl)ccc1NC(=O)CCl. The van der Waals surface area contributed by atoms with Gasteiger partial charge in [-0.1, -0.05) is 11.6 Å². The Morgan fingerprint density at radius 3 is 2.41 bits per heavy atom. The third-order valence-electron chi connectivity index (χ3n) is 1.84. The fourth-order valence-electron chi connectivity index (χ4n) is 1.11. The summed E-state index contributed by atoms with van der Waals surface area (Å²) in [5.74, 6) is -0.932. The first-order valence-corrected chi connectivity index (χ1v) is 5.63. The topological polar surface area (TPSA) is 84.2 Å². The van der Waals surface area contributed by atoms with Gasteiger partial charge in [0.05, 0.1) is 17.9 Å². The van der Waals surface area contributed by atoms with E-state index in [2.05, 4.69) is 10.6 Å². The van der Waals surface area contributed by atoms with E-state index in [1.54, 1.807) is 12.1 Å². The van der Waals surface area contributed by atoms with Gasteiger partial charge in [-0.3, -0.25) is 9.59 Å². The molecule has 0 heterocycles. The molecule has 1 rings (SSSR count). The Balaban J connectivity index is 2.95. The van der Waals surface area contributed by atoms with Gasteiger partial charge in [0.15, 0.2) is 0 Å². The van der Waals surface area contributed by atoms with Crippen molar-refractivity contribution in [2.24, 2.45) is 5.73 Å². The third-order valence-corrected chi connectivity index (χ3v) is 2.31. The molecule has 0 aromatic heterocycles. The molecule has 0 fully saturated rings. The second-order valence-corrected chi connectivity index (χ2v) is 3.83. The molecule has 1 aromatic carbocycles. The van der Waals surface area contributed by atoms with E-state index in [0.717, 1.165) is 0 Å². The highest BCUT2D eigenvalue weighted by molar-refractivity contribution is 6.31. The first-order chi connectivity index (χ1) is 8.06. The van der Waals surface area contributed by atoms with Gasteiger partial charge >= 0.3 is 0 Å². The van der Waals surface area contributed by atoms with E-state index in [4.69, 9.17) is 28.9 Å². The molecule has 4 N–H and O–H groups in total. The van der Waals surface area contributed by atoms with Gasteiger partial charge in [-0.15, -0.1) is 11.6 Å². The number of benzene rings is 1. The van der Waals surface area contributed by atoms with Gasteiger partial charge in [0.2, 0.25) is 11.8 Å². The van der Waals surface area contributed by atoms with E-state index in [1.165, 1.54) is 6.07 Å². The summed E-state index contributed by atoms with van der Waals surface area (Å²) in [5.41, 5.74) is 5.98. The Kier molecular flexibility index (Phi) is 5.21. The molecule has 0 bridgehead atoms. The lowest BCUT2D eigenvalue weighted by atomic mass is 10.2. The van der Waals surface area contributed by atoms with Gasteiger partial charge in [0, 0.05) is 5.02 Å². The zero-order chi connectivity index (χ0) is 12.8. The lowest BCUT2D eigenvalue weighted by Gasteiger charge is -2.11. The third kappa shape index (κ3) is 4.22. The molecule has 2 amide bonds. The van der Waals surface area contributed by atoms with E-state index in [-0.39, 0.29) is 24.2 Å². The predicted octanol–water partition coefficient (Wildman–Crippen LogP) is 1.41. The molecule has 0 aliphatic rings. The summed E-state index contributed by atoms with van der Waals surface area (Å²) in [6.07, 6.45) is 0. The van der Waals surface area contributed by atoms with E-state index in [0.29, 0.717) is 16.4 Å². The first-order valence-electron chi connectivity index (χ1n) is 4.72. The molecular formula is C10H11Cl2N3O2. The van der Waals surface area contributed by atoms with Gasteiger partial charge in [0.25, 0.3) is 0 Å². The molecule has 0 unspecified atom stereocenters. The number of hydrogen-bond acceptors (Lipinski definition) is 3. The average Bonchev–Trinajstić information content (AvgIpc) is 2.32. The highest BCUT2D eigenvalue weighted by atomic mass is 35.5. The van der Waals surface area contributed by atoms with Gasteiger partial charge in [-0.2, -0.15) is 0 Å². The fraction of sp³-hybridized carbons (Fsp3) is 0.200. The summed E-state index contributed by atoms with van der Waals surface area (Å²) < 4.78 is 0. The van der Waals surface area contributed by atoms with Crippen LogP contribution in [-0.2, 0) is 9.59 Å². The normalized spacial score (nSPS) is 9.82. The van der Waals surface area contributed by atoms with Crippen LogP contribution in [0.2, 0.25) is 5.02 Å². The molecule has 0 aliphatic heterocycles. The zero-order valence-electron chi connectivity index (χ0n) is 8.80. The Hall–Kier alpha value is -1.30. The van der Waals surface area contributed by atoms with Crippen molar-refractivity contribution in [2.45, 2.75) is 0 Å². The molecule has 0 saturated carbocycles. The number of alkyl halides is 1. The molecule has 0 aliphatic carbocycles. The molecule has 0 atom stereocenters. The number of carbonyl (C=O) groups is 2. The van der Waals surface area contributed by atoms with Crippen molar-refractivity contribution in [1.82, 2.24) is 0 Å². The van der Waals surface area contributed by atoms with Crippen LogP contribution in [0.15, 0.2) is 18.2 Å². The predicted molar refractivity (Wildman–Crippen MR) is 68.5 cm³/mol. The van der Waals surface area contributed by atoms with E-state index in [1.807, 2.05) is 0 Å². The summed E-state index contributed by atoms with van der Waals surface area (Å²) in [7, 11) is 0. The number of nitrogens with one attached hydrogen (secondary N) is 2. The van der Waals surface area contributed by atoms with Crippen LogP contribution in [0.1, 0.15) is 0 Å².